The van der Waals surface area contributed by atoms with E-state index in [9.17, 15) is 5.11 Å². The monoisotopic (exact) mass is 304 g/mol. The second-order valence-corrected chi connectivity index (χ2v) is 9.13. The summed E-state index contributed by atoms with van der Waals surface area (Å²) in [7, 11) is 0. The Kier molecular flexibility index (Phi) is 6.12. The molecule has 0 aliphatic heterocycles. The Balaban J connectivity index is 3.18. The maximum Gasteiger partial charge on any atom is 0.119 e. The molecule has 1 nitrogen and oxygen atoms in total. The molecule has 1 N–H and O–H groups in total. The van der Waals surface area contributed by atoms with Crippen molar-refractivity contribution in [2.75, 3.05) is 0 Å². The van der Waals surface area contributed by atoms with E-state index in [-0.39, 0.29) is 10.8 Å². The molecule has 22 heavy (non-hydrogen) atoms. The molecule has 0 aliphatic carbocycles. The number of hydrogen-bond donors (Lipinski definition) is 1. The number of aromatic hydroxyl groups is 1. The fraction of sp³-hybridized carbons (Fsp3) is 0.714. The van der Waals surface area contributed by atoms with Crippen molar-refractivity contribution in [3.05, 3.63) is 28.8 Å². The zero-order valence-corrected chi connectivity index (χ0v) is 16.0. The van der Waals surface area contributed by atoms with Gasteiger partial charge in [0.2, 0.25) is 0 Å². The third-order valence-electron chi connectivity index (χ3n) is 4.25. The molecule has 0 heterocycles. The summed E-state index contributed by atoms with van der Waals surface area (Å²) >= 11 is 0. The van der Waals surface area contributed by atoms with E-state index in [2.05, 4.69) is 61.5 Å². The average Bonchev–Trinajstić information content (AvgIpc) is 2.32. The van der Waals surface area contributed by atoms with Gasteiger partial charge in [0.25, 0.3) is 0 Å². The van der Waals surface area contributed by atoms with Crippen molar-refractivity contribution in [3.63, 3.8) is 0 Å². The summed E-state index contributed by atoms with van der Waals surface area (Å²) in [5.74, 6) is 1.23. The van der Waals surface area contributed by atoms with Crippen molar-refractivity contribution in [2.24, 2.45) is 5.92 Å². The van der Waals surface area contributed by atoms with Crippen LogP contribution in [-0.2, 0) is 17.3 Å². The first kappa shape index (κ1) is 19.1. The molecule has 1 heteroatoms. The van der Waals surface area contributed by atoms with Gasteiger partial charge in [-0.05, 0) is 46.8 Å². The Labute approximate surface area is 138 Å². The lowest BCUT2D eigenvalue weighted by atomic mass is 9.72. The number of rotatable bonds is 5. The van der Waals surface area contributed by atoms with Crippen LogP contribution in [0, 0.1) is 5.92 Å². The number of unbranched alkanes of at least 4 members (excludes halogenated alkanes) is 1. The van der Waals surface area contributed by atoms with Crippen LogP contribution in [0.15, 0.2) is 12.1 Å². The molecule has 0 aliphatic rings. The molecule has 0 aromatic heterocycles. The van der Waals surface area contributed by atoms with Crippen LogP contribution in [0.5, 0.6) is 5.75 Å². The summed E-state index contributed by atoms with van der Waals surface area (Å²) < 4.78 is 0. The minimum atomic E-state index is -0.0410. The zero-order valence-electron chi connectivity index (χ0n) is 16.0. The third kappa shape index (κ3) is 5.04. The lowest BCUT2D eigenvalue weighted by molar-refractivity contribution is 0.433. The summed E-state index contributed by atoms with van der Waals surface area (Å²) in [6, 6.07) is 4.04. The molecule has 0 spiro atoms. The Morgan fingerprint density at radius 1 is 0.864 bits per heavy atom. The highest BCUT2D eigenvalue weighted by molar-refractivity contribution is 5.51. The minimum absolute atomic E-state index is 0.0410. The largest absolute Gasteiger partial charge is 0.508 e. The fourth-order valence-electron chi connectivity index (χ4n) is 3.33. The van der Waals surface area contributed by atoms with Crippen LogP contribution in [0.4, 0.5) is 0 Å². The summed E-state index contributed by atoms with van der Waals surface area (Å²) in [5.41, 5.74) is 3.90. The molecule has 0 atom stereocenters. The van der Waals surface area contributed by atoms with E-state index in [0.29, 0.717) is 5.75 Å². The Morgan fingerprint density at radius 3 is 1.86 bits per heavy atom. The van der Waals surface area contributed by atoms with Gasteiger partial charge in [0.05, 0.1) is 0 Å². The molecule has 1 aromatic rings. The highest BCUT2D eigenvalue weighted by atomic mass is 16.3. The molecule has 0 radical (unpaired) electrons. The van der Waals surface area contributed by atoms with E-state index < -0.39 is 0 Å². The Hall–Kier alpha value is -0.980. The van der Waals surface area contributed by atoms with Crippen molar-refractivity contribution in [1.82, 2.24) is 0 Å². The van der Waals surface area contributed by atoms with Crippen molar-refractivity contribution >= 4 is 0 Å². The topological polar surface area (TPSA) is 20.2 Å². The smallest absolute Gasteiger partial charge is 0.119 e. The van der Waals surface area contributed by atoms with Gasteiger partial charge in [0.15, 0.2) is 0 Å². The molecule has 0 unspecified atom stereocenters. The predicted molar refractivity (Wildman–Crippen MR) is 97.9 cm³/mol. The van der Waals surface area contributed by atoms with Gasteiger partial charge in [0.1, 0.15) is 5.75 Å². The molecule has 126 valence electrons. The van der Waals surface area contributed by atoms with Gasteiger partial charge >= 0.3 is 0 Å². The van der Waals surface area contributed by atoms with Crippen LogP contribution in [-0.4, -0.2) is 5.11 Å². The van der Waals surface area contributed by atoms with Gasteiger partial charge in [0, 0.05) is 5.56 Å². The van der Waals surface area contributed by atoms with Crippen LogP contribution >= 0.6 is 0 Å². The highest BCUT2D eigenvalue weighted by Crippen LogP contribution is 2.41. The second-order valence-electron chi connectivity index (χ2n) is 9.13. The molecule has 0 fully saturated rings. The summed E-state index contributed by atoms with van der Waals surface area (Å²) in [6.07, 6.45) is 4.93. The van der Waals surface area contributed by atoms with Gasteiger partial charge in [-0.2, -0.15) is 0 Å². The number of hydrogen-bond acceptors (Lipinski definition) is 1. The maximum atomic E-state index is 10.5. The van der Waals surface area contributed by atoms with Crippen molar-refractivity contribution in [3.8, 4) is 5.75 Å². The average molecular weight is 305 g/mol. The number of benzene rings is 1. The first-order valence-electron chi connectivity index (χ1n) is 8.80. The van der Waals surface area contributed by atoms with Gasteiger partial charge in [-0.3, -0.25) is 0 Å². The standard InChI is InChI=1S/C21H36O/c1-15(2)11-9-10-12-16-13-14-17(22)19(21(6,7)8)18(16)20(3,4)5/h13-15,22H,9-12H2,1-8H3. The fourth-order valence-corrected chi connectivity index (χ4v) is 3.33. The molecule has 1 aromatic carbocycles. The normalized spacial score (nSPS) is 13.0. The molecule has 1 rings (SSSR count). The molecule has 0 amide bonds. The lowest BCUT2D eigenvalue weighted by Gasteiger charge is -2.33. The summed E-state index contributed by atoms with van der Waals surface area (Å²) in [4.78, 5) is 0. The lowest BCUT2D eigenvalue weighted by Crippen LogP contribution is -2.24. The quantitative estimate of drug-likeness (QED) is 0.628. The predicted octanol–water partition coefficient (Wildman–Crippen LogP) is 6.36. The Bertz CT molecular complexity index is 484. The van der Waals surface area contributed by atoms with E-state index in [0.717, 1.165) is 17.9 Å². The van der Waals surface area contributed by atoms with Crippen molar-refractivity contribution in [1.29, 1.82) is 0 Å². The van der Waals surface area contributed by atoms with Gasteiger partial charge in [-0.1, -0.05) is 74.3 Å². The van der Waals surface area contributed by atoms with Gasteiger partial charge in [-0.15, -0.1) is 0 Å². The molecule has 0 bridgehead atoms. The van der Waals surface area contributed by atoms with Crippen LogP contribution in [0.2, 0.25) is 0 Å². The van der Waals surface area contributed by atoms with Crippen LogP contribution in [0.25, 0.3) is 0 Å². The van der Waals surface area contributed by atoms with Gasteiger partial charge < -0.3 is 5.11 Å². The first-order chi connectivity index (χ1) is 9.94. The van der Waals surface area contributed by atoms with E-state index in [1.165, 1.54) is 30.4 Å². The first-order valence-corrected chi connectivity index (χ1v) is 8.80. The van der Waals surface area contributed by atoms with Crippen molar-refractivity contribution < 1.29 is 5.11 Å². The van der Waals surface area contributed by atoms with Crippen LogP contribution in [0.3, 0.4) is 0 Å². The third-order valence-corrected chi connectivity index (χ3v) is 4.25. The van der Waals surface area contributed by atoms with E-state index in [1.54, 1.807) is 0 Å². The highest BCUT2D eigenvalue weighted by Gasteiger charge is 2.30. The summed E-state index contributed by atoms with van der Waals surface area (Å²) in [6.45, 7) is 17.9. The van der Waals surface area contributed by atoms with E-state index in [1.807, 2.05) is 6.07 Å². The molecule has 0 saturated heterocycles. The Morgan fingerprint density at radius 2 is 1.41 bits per heavy atom. The SMILES string of the molecule is CC(C)CCCCc1ccc(O)c(C(C)(C)C)c1C(C)(C)C. The zero-order chi connectivity index (χ0) is 17.1. The van der Waals surface area contributed by atoms with Crippen LogP contribution in [0.1, 0.15) is 91.3 Å². The van der Waals surface area contributed by atoms with Crippen LogP contribution < -0.4 is 0 Å². The minimum Gasteiger partial charge on any atom is -0.508 e. The molecular weight excluding hydrogens is 268 g/mol. The van der Waals surface area contributed by atoms with Gasteiger partial charge in [-0.25, -0.2) is 0 Å². The van der Waals surface area contributed by atoms with E-state index >= 15 is 0 Å². The number of phenols is 1. The molecule has 0 saturated carbocycles. The number of aryl methyl sites for hydroxylation is 1. The molecular formula is C21H36O. The maximum absolute atomic E-state index is 10.5. The van der Waals surface area contributed by atoms with Crippen molar-refractivity contribution in [2.45, 2.75) is 91.9 Å². The summed E-state index contributed by atoms with van der Waals surface area (Å²) in [5, 5.41) is 10.5. The van der Waals surface area contributed by atoms with E-state index in [4.69, 9.17) is 0 Å². The number of phenolic OH excluding ortho intramolecular Hbond substituents is 1. The second kappa shape index (κ2) is 7.06.